The Labute approximate surface area is 160 Å². The lowest BCUT2D eigenvalue weighted by molar-refractivity contribution is 0.0796. The summed E-state index contributed by atoms with van der Waals surface area (Å²) in [6.45, 7) is 1.14. The first-order chi connectivity index (χ1) is 13.2. The molecule has 2 aliphatic carbocycles. The van der Waals surface area contributed by atoms with Gasteiger partial charge in [0.2, 0.25) is 0 Å². The zero-order chi connectivity index (χ0) is 18.4. The summed E-state index contributed by atoms with van der Waals surface area (Å²) in [5.74, 6) is 1.06. The van der Waals surface area contributed by atoms with Crippen LogP contribution in [-0.4, -0.2) is 22.8 Å². The molecule has 4 N–H and O–H groups in total. The molecule has 4 nitrogen and oxygen atoms in total. The van der Waals surface area contributed by atoms with Crippen LogP contribution in [0.25, 0.3) is 0 Å². The van der Waals surface area contributed by atoms with Crippen LogP contribution in [-0.2, 0) is 18.4 Å². The van der Waals surface area contributed by atoms with Crippen molar-refractivity contribution in [3.63, 3.8) is 0 Å². The Kier molecular flexibility index (Phi) is 4.14. The summed E-state index contributed by atoms with van der Waals surface area (Å²) in [6, 6.07) is 12.5. The first-order valence-electron chi connectivity index (χ1n) is 10.3. The van der Waals surface area contributed by atoms with Gasteiger partial charge in [0.1, 0.15) is 5.75 Å². The van der Waals surface area contributed by atoms with Crippen molar-refractivity contribution in [3.8, 4) is 5.75 Å². The van der Waals surface area contributed by atoms with Gasteiger partial charge in [-0.2, -0.15) is 0 Å². The van der Waals surface area contributed by atoms with Crippen LogP contribution < -0.4 is 10.6 Å². The number of piperidine rings is 1. The van der Waals surface area contributed by atoms with E-state index in [1.807, 2.05) is 24.3 Å². The lowest BCUT2D eigenvalue weighted by Gasteiger charge is -2.56. The van der Waals surface area contributed by atoms with Gasteiger partial charge in [0.25, 0.3) is 0 Å². The van der Waals surface area contributed by atoms with Crippen LogP contribution in [0, 0.1) is 5.92 Å². The molecule has 2 aromatic carbocycles. The summed E-state index contributed by atoms with van der Waals surface area (Å²) in [7, 11) is 0. The fraction of sp³-hybridized carbons (Fsp3) is 0.478. The minimum absolute atomic E-state index is 0.0437. The molecule has 0 amide bonds. The molecule has 2 fully saturated rings. The number of phenols is 1. The maximum Gasteiger partial charge on any atom is 0.139 e. The van der Waals surface area contributed by atoms with Crippen LogP contribution in [0.4, 0.5) is 11.4 Å². The highest BCUT2D eigenvalue weighted by Crippen LogP contribution is 2.55. The lowest BCUT2D eigenvalue weighted by Crippen LogP contribution is -2.59. The van der Waals surface area contributed by atoms with Crippen molar-refractivity contribution in [3.05, 3.63) is 53.1 Å². The van der Waals surface area contributed by atoms with E-state index in [2.05, 4.69) is 22.8 Å². The van der Waals surface area contributed by atoms with Gasteiger partial charge in [0, 0.05) is 17.1 Å². The number of benzene rings is 2. The van der Waals surface area contributed by atoms with E-state index in [4.69, 9.17) is 0 Å². The maximum absolute atomic E-state index is 10.8. The van der Waals surface area contributed by atoms with E-state index >= 15 is 0 Å². The van der Waals surface area contributed by atoms with E-state index in [1.54, 1.807) is 0 Å². The van der Waals surface area contributed by atoms with Crippen molar-refractivity contribution >= 4 is 11.4 Å². The summed E-state index contributed by atoms with van der Waals surface area (Å²) in [5.41, 5.74) is 5.64. The number of phenolic OH excluding ortho intramolecular Hbond substituents is 1. The van der Waals surface area contributed by atoms with E-state index in [0.29, 0.717) is 11.8 Å². The van der Waals surface area contributed by atoms with Crippen LogP contribution in [0.1, 0.15) is 48.8 Å². The molecule has 142 valence electrons. The van der Waals surface area contributed by atoms with E-state index in [-0.39, 0.29) is 12.0 Å². The average Bonchev–Trinajstić information content (AvgIpc) is 2.70. The first kappa shape index (κ1) is 17.1. The second-order valence-electron chi connectivity index (χ2n) is 8.53. The van der Waals surface area contributed by atoms with Crippen LogP contribution in [0.15, 0.2) is 36.4 Å². The molecule has 1 saturated heterocycles. The molecule has 0 aromatic heterocycles. The van der Waals surface area contributed by atoms with Crippen molar-refractivity contribution in [1.82, 2.24) is 5.32 Å². The van der Waals surface area contributed by atoms with E-state index in [9.17, 15) is 10.2 Å². The van der Waals surface area contributed by atoms with Crippen LogP contribution in [0.3, 0.4) is 0 Å². The monoisotopic (exact) mass is 364 g/mol. The smallest absolute Gasteiger partial charge is 0.139 e. The zero-order valence-corrected chi connectivity index (χ0v) is 15.7. The predicted octanol–water partition coefficient (Wildman–Crippen LogP) is 3.97. The summed E-state index contributed by atoms with van der Waals surface area (Å²) >= 11 is 0. The van der Waals surface area contributed by atoms with Crippen LogP contribution >= 0.6 is 0 Å². The zero-order valence-electron chi connectivity index (χ0n) is 15.7. The Balaban J connectivity index is 1.51. The van der Waals surface area contributed by atoms with Gasteiger partial charge in [-0.1, -0.05) is 25.0 Å². The molecule has 2 bridgehead atoms. The summed E-state index contributed by atoms with van der Waals surface area (Å²) in [4.78, 5) is 0. The SMILES string of the molecule is OCc1ccc(Nc2cc3c(cc2O)[C@]24CCCC[C@@H]2[C@H](C3)NCC4)cc1. The second-order valence-corrected chi connectivity index (χ2v) is 8.53. The van der Waals surface area contributed by atoms with E-state index < -0.39 is 0 Å². The van der Waals surface area contributed by atoms with Crippen LogP contribution in [0.5, 0.6) is 5.75 Å². The summed E-state index contributed by atoms with van der Waals surface area (Å²) in [6.07, 6.45) is 7.47. The van der Waals surface area contributed by atoms with Gasteiger partial charge in [0.15, 0.2) is 0 Å². The molecule has 5 rings (SSSR count). The molecular weight excluding hydrogens is 336 g/mol. The standard InChI is InChI=1S/C23H28N2O2/c26-14-15-4-6-17(7-5-15)25-21-12-16-11-20-18-3-1-2-8-23(18,9-10-24-20)19(16)13-22(21)27/h4-7,12-13,18,20,24-27H,1-3,8-11,14H2/t18-,20+,23+/m1/s1. The van der Waals surface area contributed by atoms with Crippen molar-refractivity contribution in [2.24, 2.45) is 5.92 Å². The summed E-state index contributed by atoms with van der Waals surface area (Å²) in [5, 5.41) is 27.1. The first-order valence-corrected chi connectivity index (χ1v) is 10.3. The molecule has 1 saturated carbocycles. The average molecular weight is 364 g/mol. The predicted molar refractivity (Wildman–Crippen MR) is 108 cm³/mol. The fourth-order valence-corrected chi connectivity index (χ4v) is 5.92. The van der Waals surface area contributed by atoms with Crippen LogP contribution in [0.2, 0.25) is 0 Å². The van der Waals surface area contributed by atoms with Gasteiger partial charge in [-0.25, -0.2) is 0 Å². The number of rotatable bonds is 3. The third kappa shape index (κ3) is 2.74. The highest BCUT2D eigenvalue weighted by atomic mass is 16.3. The van der Waals surface area contributed by atoms with Crippen molar-refractivity contribution in [2.45, 2.75) is 56.6 Å². The number of hydrogen-bond donors (Lipinski definition) is 4. The minimum Gasteiger partial charge on any atom is -0.506 e. The highest BCUT2D eigenvalue weighted by Gasteiger charge is 2.51. The number of anilines is 2. The molecule has 3 aliphatic rings. The molecule has 4 heteroatoms. The molecule has 1 aliphatic heterocycles. The molecular formula is C23H28N2O2. The maximum atomic E-state index is 10.8. The third-order valence-electron chi connectivity index (χ3n) is 7.17. The Morgan fingerprint density at radius 2 is 1.96 bits per heavy atom. The largest absolute Gasteiger partial charge is 0.506 e. The molecule has 2 aromatic rings. The molecule has 0 radical (unpaired) electrons. The Morgan fingerprint density at radius 3 is 2.78 bits per heavy atom. The normalized spacial score (nSPS) is 28.9. The van der Waals surface area contributed by atoms with Gasteiger partial charge in [0.05, 0.1) is 12.3 Å². The minimum atomic E-state index is 0.0437. The van der Waals surface area contributed by atoms with Gasteiger partial charge in [-0.15, -0.1) is 0 Å². The quantitative estimate of drug-likeness (QED) is 0.622. The van der Waals surface area contributed by atoms with Crippen molar-refractivity contribution in [2.75, 3.05) is 11.9 Å². The van der Waals surface area contributed by atoms with Gasteiger partial charge in [-0.05, 0) is 79.1 Å². The number of aliphatic hydroxyl groups excluding tert-OH is 1. The lowest BCUT2D eigenvalue weighted by atomic mass is 9.53. The number of aliphatic hydroxyl groups is 1. The Morgan fingerprint density at radius 1 is 1.11 bits per heavy atom. The van der Waals surface area contributed by atoms with Crippen molar-refractivity contribution in [1.29, 1.82) is 0 Å². The second kappa shape index (κ2) is 6.54. The van der Waals surface area contributed by atoms with E-state index in [0.717, 1.165) is 35.8 Å². The fourth-order valence-electron chi connectivity index (χ4n) is 5.92. The number of aromatic hydroxyl groups is 1. The van der Waals surface area contributed by atoms with Crippen molar-refractivity contribution < 1.29 is 10.2 Å². The van der Waals surface area contributed by atoms with Gasteiger partial charge >= 0.3 is 0 Å². The third-order valence-corrected chi connectivity index (χ3v) is 7.17. The number of hydrogen-bond acceptors (Lipinski definition) is 4. The number of fused-ring (bicyclic) bond motifs is 1. The summed E-state index contributed by atoms with van der Waals surface area (Å²) < 4.78 is 0. The molecule has 0 unspecified atom stereocenters. The topological polar surface area (TPSA) is 64.5 Å². The Bertz CT molecular complexity index is 844. The number of nitrogens with one attached hydrogen (secondary N) is 2. The van der Waals surface area contributed by atoms with Gasteiger partial charge < -0.3 is 20.8 Å². The van der Waals surface area contributed by atoms with E-state index in [1.165, 1.54) is 43.2 Å². The Hall–Kier alpha value is -2.04. The highest BCUT2D eigenvalue weighted by molar-refractivity contribution is 5.69. The molecule has 27 heavy (non-hydrogen) atoms. The molecule has 0 spiro atoms. The molecule has 1 heterocycles. The van der Waals surface area contributed by atoms with Gasteiger partial charge in [-0.3, -0.25) is 0 Å². The molecule has 3 atom stereocenters.